The number of nitrogens with zero attached hydrogens (tertiary/aromatic N) is 1. The van der Waals surface area contributed by atoms with Crippen LogP contribution < -0.4 is 5.43 Å². The van der Waals surface area contributed by atoms with Crippen molar-refractivity contribution in [3.63, 3.8) is 0 Å². The smallest absolute Gasteiger partial charge is 0.244 e. The Balaban J connectivity index is 1.55. The SMILES string of the molecule is O=C(Cc1ccc(F)cc1)NN=C1CCC2SCCSC12. The summed E-state index contributed by atoms with van der Waals surface area (Å²) in [4.78, 5) is 11.9. The minimum atomic E-state index is -0.289. The molecule has 0 aromatic heterocycles. The summed E-state index contributed by atoms with van der Waals surface area (Å²) < 4.78 is 12.8. The standard InChI is InChI=1S/C15H17FN2OS2/c16-11-3-1-10(2-4-11)9-14(19)18-17-12-5-6-13-15(12)21-8-7-20-13/h1-4,13,15H,5-9H2,(H,18,19). The number of hydrogen-bond acceptors (Lipinski definition) is 4. The number of hydrogen-bond donors (Lipinski definition) is 1. The summed E-state index contributed by atoms with van der Waals surface area (Å²) in [5.41, 5.74) is 4.56. The molecule has 1 aliphatic heterocycles. The second-order valence-corrected chi connectivity index (χ2v) is 7.78. The minimum Gasteiger partial charge on any atom is -0.273 e. The molecular formula is C15H17FN2OS2. The van der Waals surface area contributed by atoms with E-state index in [0.717, 1.165) is 29.9 Å². The van der Waals surface area contributed by atoms with Crippen molar-refractivity contribution in [1.82, 2.24) is 5.43 Å². The molecule has 3 rings (SSSR count). The van der Waals surface area contributed by atoms with Gasteiger partial charge in [0.1, 0.15) is 5.82 Å². The molecule has 1 saturated carbocycles. The molecule has 0 spiro atoms. The topological polar surface area (TPSA) is 41.5 Å². The second kappa shape index (κ2) is 6.83. The Hall–Kier alpha value is -1.01. The van der Waals surface area contributed by atoms with Crippen molar-refractivity contribution in [1.29, 1.82) is 0 Å². The first-order valence-corrected chi connectivity index (χ1v) is 9.15. The van der Waals surface area contributed by atoms with Crippen LogP contribution in [0.15, 0.2) is 29.4 Å². The van der Waals surface area contributed by atoms with Crippen LogP contribution in [0, 0.1) is 5.82 Å². The number of amides is 1. The maximum atomic E-state index is 12.8. The van der Waals surface area contributed by atoms with E-state index in [0.29, 0.717) is 10.5 Å². The molecule has 0 radical (unpaired) electrons. The number of hydrazone groups is 1. The molecular weight excluding hydrogens is 307 g/mol. The third-order valence-electron chi connectivity index (χ3n) is 3.67. The van der Waals surface area contributed by atoms with E-state index in [1.807, 2.05) is 23.5 Å². The van der Waals surface area contributed by atoms with Crippen LogP contribution in [-0.2, 0) is 11.2 Å². The van der Waals surface area contributed by atoms with Gasteiger partial charge < -0.3 is 0 Å². The van der Waals surface area contributed by atoms with E-state index in [9.17, 15) is 9.18 Å². The van der Waals surface area contributed by atoms with E-state index in [-0.39, 0.29) is 18.1 Å². The normalized spacial score (nSPS) is 26.6. The monoisotopic (exact) mass is 324 g/mol. The molecule has 1 aliphatic carbocycles. The van der Waals surface area contributed by atoms with Crippen LogP contribution in [-0.4, -0.2) is 33.6 Å². The van der Waals surface area contributed by atoms with Crippen molar-refractivity contribution in [3.8, 4) is 0 Å². The summed E-state index contributed by atoms with van der Waals surface area (Å²) in [6.45, 7) is 0. The van der Waals surface area contributed by atoms with Crippen LogP contribution in [0.4, 0.5) is 4.39 Å². The average molecular weight is 324 g/mol. The van der Waals surface area contributed by atoms with Gasteiger partial charge in [0.2, 0.25) is 5.91 Å². The highest BCUT2D eigenvalue weighted by Gasteiger charge is 2.36. The Kier molecular flexibility index (Phi) is 4.85. The Morgan fingerprint density at radius 1 is 1.29 bits per heavy atom. The van der Waals surface area contributed by atoms with E-state index in [2.05, 4.69) is 10.5 Å². The lowest BCUT2D eigenvalue weighted by Crippen LogP contribution is -2.28. The fourth-order valence-electron chi connectivity index (χ4n) is 2.63. The first kappa shape index (κ1) is 14.9. The van der Waals surface area contributed by atoms with Crippen molar-refractivity contribution < 1.29 is 9.18 Å². The highest BCUT2D eigenvalue weighted by molar-refractivity contribution is 8.07. The number of nitrogens with one attached hydrogen (secondary N) is 1. The Labute approximate surface area is 132 Å². The van der Waals surface area contributed by atoms with Gasteiger partial charge in [-0.1, -0.05) is 12.1 Å². The summed E-state index contributed by atoms with van der Waals surface area (Å²) in [6.07, 6.45) is 2.37. The quantitative estimate of drug-likeness (QED) is 0.869. The zero-order valence-corrected chi connectivity index (χ0v) is 13.2. The molecule has 1 amide bonds. The van der Waals surface area contributed by atoms with Gasteiger partial charge >= 0.3 is 0 Å². The molecule has 2 atom stereocenters. The predicted octanol–water partition coefficient (Wildman–Crippen LogP) is 2.85. The van der Waals surface area contributed by atoms with Crippen LogP contribution in [0.25, 0.3) is 0 Å². The third-order valence-corrected chi connectivity index (χ3v) is 6.87. The predicted molar refractivity (Wildman–Crippen MR) is 87.4 cm³/mol. The molecule has 1 N–H and O–H groups in total. The van der Waals surface area contributed by atoms with Crippen LogP contribution in [0.3, 0.4) is 0 Å². The van der Waals surface area contributed by atoms with Crippen molar-refractivity contribution in [3.05, 3.63) is 35.6 Å². The first-order valence-electron chi connectivity index (χ1n) is 7.05. The van der Waals surface area contributed by atoms with Crippen LogP contribution >= 0.6 is 23.5 Å². The molecule has 1 heterocycles. The van der Waals surface area contributed by atoms with Gasteiger partial charge in [-0.05, 0) is 30.5 Å². The molecule has 6 heteroatoms. The molecule has 1 saturated heterocycles. The zero-order valence-electron chi connectivity index (χ0n) is 11.5. The molecule has 1 aromatic rings. The van der Waals surface area contributed by atoms with Gasteiger partial charge in [-0.15, -0.1) is 0 Å². The zero-order chi connectivity index (χ0) is 14.7. The highest BCUT2D eigenvalue weighted by atomic mass is 32.2. The summed E-state index contributed by atoms with van der Waals surface area (Å²) in [5.74, 6) is 1.94. The molecule has 1 aromatic carbocycles. The number of halogens is 1. The van der Waals surface area contributed by atoms with Crippen LogP contribution in [0.1, 0.15) is 18.4 Å². The number of carbonyl (C=O) groups excluding carboxylic acids is 1. The van der Waals surface area contributed by atoms with Gasteiger partial charge in [-0.2, -0.15) is 28.6 Å². The van der Waals surface area contributed by atoms with Gasteiger partial charge in [0, 0.05) is 16.8 Å². The van der Waals surface area contributed by atoms with E-state index < -0.39 is 0 Å². The van der Waals surface area contributed by atoms with Crippen LogP contribution in [0.2, 0.25) is 0 Å². The first-order chi connectivity index (χ1) is 10.2. The molecule has 112 valence electrons. The van der Waals surface area contributed by atoms with E-state index in [1.165, 1.54) is 17.9 Å². The third kappa shape index (κ3) is 3.80. The average Bonchev–Trinajstić information content (AvgIpc) is 2.91. The fraction of sp³-hybridized carbons (Fsp3) is 0.467. The maximum absolute atomic E-state index is 12.8. The van der Waals surface area contributed by atoms with Gasteiger partial charge in [0.25, 0.3) is 0 Å². The van der Waals surface area contributed by atoms with E-state index >= 15 is 0 Å². The lowest BCUT2D eigenvalue weighted by molar-refractivity contribution is -0.120. The van der Waals surface area contributed by atoms with Crippen molar-refractivity contribution in [2.75, 3.05) is 11.5 Å². The molecule has 2 unspecified atom stereocenters. The number of carbonyl (C=O) groups is 1. The van der Waals surface area contributed by atoms with Gasteiger partial charge in [-0.3, -0.25) is 4.79 Å². The second-order valence-electron chi connectivity index (χ2n) is 5.18. The van der Waals surface area contributed by atoms with Gasteiger partial charge in [0.15, 0.2) is 0 Å². The lowest BCUT2D eigenvalue weighted by Gasteiger charge is -2.23. The molecule has 0 bridgehead atoms. The number of fused-ring (bicyclic) bond motifs is 1. The fourth-order valence-corrected chi connectivity index (χ4v) is 5.76. The Bertz CT molecular complexity index is 547. The summed E-state index contributed by atoms with van der Waals surface area (Å²) in [7, 11) is 0. The lowest BCUT2D eigenvalue weighted by atomic mass is 10.1. The number of rotatable bonds is 3. The van der Waals surface area contributed by atoms with Gasteiger partial charge in [0.05, 0.1) is 17.4 Å². The Morgan fingerprint density at radius 3 is 2.86 bits per heavy atom. The summed E-state index contributed by atoms with van der Waals surface area (Å²) >= 11 is 3.98. The van der Waals surface area contributed by atoms with Crippen LogP contribution in [0.5, 0.6) is 0 Å². The van der Waals surface area contributed by atoms with E-state index in [4.69, 9.17) is 0 Å². The summed E-state index contributed by atoms with van der Waals surface area (Å²) in [6, 6.07) is 5.99. The number of benzene rings is 1. The highest BCUT2D eigenvalue weighted by Crippen LogP contribution is 2.40. The molecule has 2 aliphatic rings. The Morgan fingerprint density at radius 2 is 2.05 bits per heavy atom. The van der Waals surface area contributed by atoms with Crippen molar-refractivity contribution >= 4 is 35.1 Å². The largest absolute Gasteiger partial charge is 0.273 e. The van der Waals surface area contributed by atoms with Crippen molar-refractivity contribution in [2.24, 2.45) is 5.10 Å². The minimum absolute atomic E-state index is 0.147. The molecule has 2 fully saturated rings. The summed E-state index contributed by atoms with van der Waals surface area (Å²) in [5, 5.41) is 5.46. The van der Waals surface area contributed by atoms with E-state index in [1.54, 1.807) is 12.1 Å². The number of thioether (sulfide) groups is 2. The molecule has 21 heavy (non-hydrogen) atoms. The van der Waals surface area contributed by atoms with Crippen molar-refractivity contribution in [2.45, 2.75) is 29.8 Å². The maximum Gasteiger partial charge on any atom is 0.244 e. The molecule has 3 nitrogen and oxygen atoms in total. The van der Waals surface area contributed by atoms with Gasteiger partial charge in [-0.25, -0.2) is 9.82 Å².